The van der Waals surface area contributed by atoms with Gasteiger partial charge in [-0.05, 0) is 24.9 Å². The predicted octanol–water partition coefficient (Wildman–Crippen LogP) is 0.532. The van der Waals surface area contributed by atoms with Crippen molar-refractivity contribution in [3.05, 3.63) is 10.4 Å². The van der Waals surface area contributed by atoms with Crippen LogP contribution in [0, 0.1) is 11.3 Å². The van der Waals surface area contributed by atoms with Gasteiger partial charge >= 0.3 is 0 Å². The zero-order valence-electron chi connectivity index (χ0n) is 8.03. The third kappa shape index (κ3) is 2.89. The number of hydrogen-bond acceptors (Lipinski definition) is 4. The first-order valence-electron chi connectivity index (χ1n) is 4.71. The van der Waals surface area contributed by atoms with Crippen LogP contribution < -0.4 is 10.6 Å². The van der Waals surface area contributed by atoms with Gasteiger partial charge in [0.25, 0.3) is 0 Å². The molecule has 0 aromatic rings. The summed E-state index contributed by atoms with van der Waals surface area (Å²) in [6.45, 7) is 2.58. The van der Waals surface area contributed by atoms with Gasteiger partial charge in [0.1, 0.15) is 5.54 Å². The Morgan fingerprint density at radius 3 is 3.14 bits per heavy atom. The maximum absolute atomic E-state index is 9.04. The van der Waals surface area contributed by atoms with Crippen LogP contribution in [0.4, 0.5) is 0 Å². The fourth-order valence-corrected chi connectivity index (χ4v) is 1.58. The molecule has 0 amide bonds. The fourth-order valence-electron chi connectivity index (χ4n) is 1.58. The van der Waals surface area contributed by atoms with E-state index >= 15 is 0 Å². The molecule has 0 aromatic carbocycles. The van der Waals surface area contributed by atoms with E-state index < -0.39 is 5.54 Å². The third-order valence-electron chi connectivity index (χ3n) is 2.34. The van der Waals surface area contributed by atoms with E-state index in [1.807, 2.05) is 0 Å². The number of nitrogens with zero attached hydrogens (tertiary/aromatic N) is 4. The first-order valence-corrected chi connectivity index (χ1v) is 4.71. The molecule has 1 rings (SSSR count). The van der Waals surface area contributed by atoms with Crippen molar-refractivity contribution in [2.24, 2.45) is 5.11 Å². The normalized spacial score (nSPS) is 26.2. The van der Waals surface area contributed by atoms with Crippen molar-refractivity contribution >= 4 is 0 Å². The number of azide groups is 1. The Morgan fingerprint density at radius 1 is 1.71 bits per heavy atom. The SMILES string of the molecule is N#CC1(NCCN=[N+]=[N-])CCCNC1. The molecule has 6 nitrogen and oxygen atoms in total. The topological polar surface area (TPSA) is 96.6 Å². The van der Waals surface area contributed by atoms with Crippen LogP contribution in [0.2, 0.25) is 0 Å². The van der Waals surface area contributed by atoms with E-state index in [1.54, 1.807) is 0 Å². The van der Waals surface area contributed by atoms with E-state index in [0.29, 0.717) is 19.6 Å². The Morgan fingerprint density at radius 2 is 2.57 bits per heavy atom. The Kier molecular flexibility index (Phi) is 4.20. The number of hydrogen-bond donors (Lipinski definition) is 2. The average molecular weight is 194 g/mol. The van der Waals surface area contributed by atoms with Crippen LogP contribution in [-0.4, -0.2) is 31.7 Å². The molecule has 0 saturated carbocycles. The van der Waals surface area contributed by atoms with Gasteiger partial charge in [0.15, 0.2) is 0 Å². The van der Waals surface area contributed by atoms with E-state index in [4.69, 9.17) is 10.8 Å². The minimum atomic E-state index is -0.469. The van der Waals surface area contributed by atoms with Gasteiger partial charge in [-0.15, -0.1) is 0 Å². The van der Waals surface area contributed by atoms with Gasteiger partial charge in [-0.1, -0.05) is 5.11 Å². The average Bonchev–Trinajstić information content (AvgIpc) is 2.26. The molecule has 1 aliphatic heterocycles. The molecule has 1 heterocycles. The van der Waals surface area contributed by atoms with E-state index in [1.165, 1.54) is 0 Å². The van der Waals surface area contributed by atoms with E-state index in [9.17, 15) is 0 Å². The molecular formula is C8H14N6. The second-order valence-corrected chi connectivity index (χ2v) is 3.36. The molecule has 0 bridgehead atoms. The summed E-state index contributed by atoms with van der Waals surface area (Å²) in [5, 5.41) is 18.8. The Labute approximate surface area is 82.9 Å². The second kappa shape index (κ2) is 5.45. The van der Waals surface area contributed by atoms with Crippen LogP contribution in [0.15, 0.2) is 5.11 Å². The first kappa shape index (κ1) is 10.8. The van der Waals surface area contributed by atoms with Crippen molar-refractivity contribution in [2.45, 2.75) is 18.4 Å². The molecule has 76 valence electrons. The lowest BCUT2D eigenvalue weighted by atomic mass is 9.92. The van der Waals surface area contributed by atoms with Crippen molar-refractivity contribution in [3.8, 4) is 6.07 Å². The molecule has 0 radical (unpaired) electrons. The highest BCUT2D eigenvalue weighted by Gasteiger charge is 2.30. The van der Waals surface area contributed by atoms with Gasteiger partial charge in [0.2, 0.25) is 0 Å². The summed E-state index contributed by atoms with van der Waals surface area (Å²) in [6, 6.07) is 2.29. The Bertz CT molecular complexity index is 255. The zero-order chi connectivity index (χ0) is 10.3. The number of piperidine rings is 1. The highest BCUT2D eigenvalue weighted by Crippen LogP contribution is 2.14. The molecule has 1 aliphatic rings. The molecule has 0 aliphatic carbocycles. The van der Waals surface area contributed by atoms with Crippen molar-refractivity contribution < 1.29 is 0 Å². The molecule has 14 heavy (non-hydrogen) atoms. The lowest BCUT2D eigenvalue weighted by Gasteiger charge is -2.32. The summed E-state index contributed by atoms with van der Waals surface area (Å²) >= 11 is 0. The molecule has 1 fully saturated rings. The number of nitrogens with one attached hydrogen (secondary N) is 2. The van der Waals surface area contributed by atoms with E-state index in [2.05, 4.69) is 26.7 Å². The van der Waals surface area contributed by atoms with Crippen LogP contribution in [0.3, 0.4) is 0 Å². The summed E-state index contributed by atoms with van der Waals surface area (Å²) in [5.74, 6) is 0. The smallest absolute Gasteiger partial charge is 0.119 e. The lowest BCUT2D eigenvalue weighted by molar-refractivity contribution is 0.318. The Balaban J connectivity index is 2.37. The highest BCUT2D eigenvalue weighted by molar-refractivity contribution is 5.10. The fraction of sp³-hybridized carbons (Fsp3) is 0.875. The lowest BCUT2D eigenvalue weighted by Crippen LogP contribution is -2.55. The largest absolute Gasteiger partial charge is 0.314 e. The van der Waals surface area contributed by atoms with Gasteiger partial charge in [0, 0.05) is 24.5 Å². The van der Waals surface area contributed by atoms with Gasteiger partial charge < -0.3 is 5.32 Å². The molecule has 0 aromatic heterocycles. The van der Waals surface area contributed by atoms with Crippen molar-refractivity contribution in [2.75, 3.05) is 26.2 Å². The van der Waals surface area contributed by atoms with Crippen LogP contribution >= 0.6 is 0 Å². The summed E-state index contributed by atoms with van der Waals surface area (Å²) in [5.41, 5.74) is 7.61. The number of nitriles is 1. The quantitative estimate of drug-likeness (QED) is 0.295. The maximum Gasteiger partial charge on any atom is 0.119 e. The molecule has 1 unspecified atom stereocenters. The molecule has 1 atom stereocenters. The predicted molar refractivity (Wildman–Crippen MR) is 52.5 cm³/mol. The Hall–Kier alpha value is -1.28. The highest BCUT2D eigenvalue weighted by atomic mass is 15.1. The number of rotatable bonds is 4. The van der Waals surface area contributed by atoms with Gasteiger partial charge in [-0.2, -0.15) is 5.26 Å². The summed E-state index contributed by atoms with van der Waals surface area (Å²) in [6.07, 6.45) is 1.86. The molecular weight excluding hydrogens is 180 g/mol. The zero-order valence-corrected chi connectivity index (χ0v) is 8.03. The third-order valence-corrected chi connectivity index (χ3v) is 2.34. The minimum Gasteiger partial charge on any atom is -0.314 e. The van der Waals surface area contributed by atoms with Crippen LogP contribution in [0.25, 0.3) is 10.4 Å². The van der Waals surface area contributed by atoms with E-state index in [0.717, 1.165) is 19.4 Å². The minimum absolute atomic E-state index is 0.389. The standard InChI is InChI=1S/C8H14N6/c9-6-8(2-1-3-11-7-8)12-4-5-13-14-10/h11-12H,1-5,7H2. The summed E-state index contributed by atoms with van der Waals surface area (Å²) in [7, 11) is 0. The molecule has 0 spiro atoms. The van der Waals surface area contributed by atoms with Gasteiger partial charge in [0.05, 0.1) is 6.07 Å². The van der Waals surface area contributed by atoms with Gasteiger partial charge in [-0.25, -0.2) is 0 Å². The van der Waals surface area contributed by atoms with Crippen LogP contribution in [-0.2, 0) is 0 Å². The van der Waals surface area contributed by atoms with Crippen molar-refractivity contribution in [1.82, 2.24) is 10.6 Å². The van der Waals surface area contributed by atoms with E-state index in [-0.39, 0.29) is 0 Å². The summed E-state index contributed by atoms with van der Waals surface area (Å²) in [4.78, 5) is 2.65. The molecule has 1 saturated heterocycles. The van der Waals surface area contributed by atoms with Crippen molar-refractivity contribution in [3.63, 3.8) is 0 Å². The molecule has 6 heteroatoms. The van der Waals surface area contributed by atoms with Crippen molar-refractivity contribution in [1.29, 1.82) is 5.26 Å². The monoisotopic (exact) mass is 194 g/mol. The second-order valence-electron chi connectivity index (χ2n) is 3.36. The van der Waals surface area contributed by atoms with Crippen LogP contribution in [0.5, 0.6) is 0 Å². The summed E-state index contributed by atoms with van der Waals surface area (Å²) < 4.78 is 0. The molecule has 2 N–H and O–H groups in total. The van der Waals surface area contributed by atoms with Crippen LogP contribution in [0.1, 0.15) is 12.8 Å². The van der Waals surface area contributed by atoms with Gasteiger partial charge in [-0.3, -0.25) is 5.32 Å². The maximum atomic E-state index is 9.04. The first-order chi connectivity index (χ1) is 6.83.